The quantitative estimate of drug-likeness (QED) is 0.491. The molecule has 0 atom stereocenters. The molecule has 142 valence electrons. The average Bonchev–Trinajstić information content (AvgIpc) is 2.61. The first-order valence-corrected chi connectivity index (χ1v) is 9.41. The molecule has 0 saturated heterocycles. The molecule has 0 aliphatic carbocycles. The van der Waals surface area contributed by atoms with Crippen LogP contribution in [0.4, 0.5) is 0 Å². The number of benzene rings is 2. The van der Waals surface area contributed by atoms with Crippen LogP contribution in [0.25, 0.3) is 0 Å². The number of hydrogen-bond acceptors (Lipinski definition) is 4. The minimum Gasteiger partial charge on any atom is -0.490 e. The number of ether oxygens (including phenoxy) is 1. The van der Waals surface area contributed by atoms with Gasteiger partial charge in [-0.3, -0.25) is 25.8 Å². The highest BCUT2D eigenvalue weighted by molar-refractivity contribution is 9.10. The van der Waals surface area contributed by atoms with Crippen LogP contribution in [0.2, 0.25) is 0 Å². The first-order valence-electron chi connectivity index (χ1n) is 8.21. The van der Waals surface area contributed by atoms with Gasteiger partial charge in [0, 0.05) is 11.1 Å². The Morgan fingerprint density at radius 2 is 1.74 bits per heavy atom. The smallest absolute Gasteiger partial charge is 0.269 e. The van der Waals surface area contributed by atoms with E-state index in [0.717, 1.165) is 5.56 Å². The monoisotopic (exact) mass is 449 g/mol. The molecule has 0 aliphatic heterocycles. The van der Waals surface area contributed by atoms with Crippen LogP contribution >= 0.6 is 28.1 Å². The maximum Gasteiger partial charge on any atom is 0.269 e. The number of halogens is 1. The first-order chi connectivity index (χ1) is 12.8. The minimum absolute atomic E-state index is 0.0142. The second-order valence-corrected chi connectivity index (χ2v) is 7.31. The second kappa shape index (κ2) is 9.48. The Bertz CT molecular complexity index is 871. The Labute approximate surface area is 171 Å². The standard InChI is InChI=1S/C19H20BrN3O3S/c1-11(2)26-16-8-7-14(10-15(16)20)17(24)21-19(27)23-22-18(25)13-6-4-5-12(3)9-13/h4-11H,1-3H3,(H,22,25)(H2,21,23,24,27). The Morgan fingerprint density at radius 3 is 2.37 bits per heavy atom. The number of hydrogen-bond donors (Lipinski definition) is 3. The highest BCUT2D eigenvalue weighted by Gasteiger charge is 2.12. The van der Waals surface area contributed by atoms with Gasteiger partial charge in [0.2, 0.25) is 0 Å². The number of amides is 2. The maximum absolute atomic E-state index is 12.3. The fourth-order valence-corrected chi connectivity index (χ4v) is 2.79. The van der Waals surface area contributed by atoms with Crippen molar-refractivity contribution in [2.24, 2.45) is 0 Å². The molecular weight excluding hydrogens is 430 g/mol. The van der Waals surface area contributed by atoms with Crippen molar-refractivity contribution in [3.63, 3.8) is 0 Å². The van der Waals surface area contributed by atoms with Crippen molar-refractivity contribution < 1.29 is 14.3 Å². The van der Waals surface area contributed by atoms with Gasteiger partial charge in [-0.25, -0.2) is 0 Å². The van der Waals surface area contributed by atoms with Crippen LogP contribution in [0.15, 0.2) is 46.9 Å². The lowest BCUT2D eigenvalue weighted by molar-refractivity contribution is 0.0934. The van der Waals surface area contributed by atoms with Gasteiger partial charge in [0.1, 0.15) is 5.75 Å². The van der Waals surface area contributed by atoms with Crippen LogP contribution in [0.1, 0.15) is 40.1 Å². The summed E-state index contributed by atoms with van der Waals surface area (Å²) in [5.74, 6) is -0.116. The molecule has 2 aromatic rings. The SMILES string of the molecule is Cc1cccc(C(=O)NNC(=S)NC(=O)c2ccc(OC(C)C)c(Br)c2)c1. The first kappa shape index (κ1) is 20.9. The summed E-state index contributed by atoms with van der Waals surface area (Å²) in [6, 6.07) is 12.1. The predicted octanol–water partition coefficient (Wildman–Crippen LogP) is 3.49. The molecule has 0 radical (unpaired) electrons. The summed E-state index contributed by atoms with van der Waals surface area (Å²) in [5.41, 5.74) is 6.82. The molecule has 0 unspecified atom stereocenters. The van der Waals surface area contributed by atoms with Gasteiger partial charge >= 0.3 is 0 Å². The number of carbonyl (C=O) groups excluding carboxylic acids is 2. The third kappa shape index (κ3) is 6.33. The molecule has 8 heteroatoms. The van der Waals surface area contributed by atoms with Gasteiger partial charge in [-0.05, 0) is 79.3 Å². The van der Waals surface area contributed by atoms with E-state index in [9.17, 15) is 9.59 Å². The number of thiocarbonyl (C=S) groups is 1. The molecule has 0 spiro atoms. The van der Waals surface area contributed by atoms with Crippen LogP contribution in [-0.4, -0.2) is 23.0 Å². The highest BCUT2D eigenvalue weighted by atomic mass is 79.9. The number of rotatable bonds is 4. The van der Waals surface area contributed by atoms with Crippen LogP contribution in [0.5, 0.6) is 5.75 Å². The third-order valence-electron chi connectivity index (χ3n) is 3.35. The molecule has 27 heavy (non-hydrogen) atoms. The maximum atomic E-state index is 12.3. The summed E-state index contributed by atoms with van der Waals surface area (Å²) < 4.78 is 6.27. The van der Waals surface area contributed by atoms with Crippen LogP contribution < -0.4 is 20.9 Å². The zero-order valence-corrected chi connectivity index (χ0v) is 17.5. The van der Waals surface area contributed by atoms with Gasteiger partial charge in [-0.1, -0.05) is 17.7 Å². The molecule has 0 aliphatic rings. The van der Waals surface area contributed by atoms with Crippen LogP contribution in [0.3, 0.4) is 0 Å². The molecule has 6 nitrogen and oxygen atoms in total. The molecule has 2 rings (SSSR count). The molecule has 2 aromatic carbocycles. The summed E-state index contributed by atoms with van der Waals surface area (Å²) in [6.45, 7) is 5.73. The summed E-state index contributed by atoms with van der Waals surface area (Å²) in [5, 5.41) is 2.49. The van der Waals surface area contributed by atoms with E-state index in [4.69, 9.17) is 17.0 Å². The Kier molecular flexibility index (Phi) is 7.32. The van der Waals surface area contributed by atoms with Crippen LogP contribution in [0, 0.1) is 6.92 Å². The van der Waals surface area contributed by atoms with Crippen molar-refractivity contribution >= 4 is 45.1 Å². The zero-order valence-electron chi connectivity index (χ0n) is 15.1. The third-order valence-corrected chi connectivity index (χ3v) is 4.18. The molecule has 0 bridgehead atoms. The zero-order chi connectivity index (χ0) is 20.0. The normalized spacial score (nSPS) is 10.3. The van der Waals surface area contributed by atoms with Crippen molar-refractivity contribution in [3.8, 4) is 5.75 Å². The van der Waals surface area contributed by atoms with Crippen LogP contribution in [-0.2, 0) is 0 Å². The Morgan fingerprint density at radius 1 is 1.04 bits per heavy atom. The van der Waals surface area contributed by atoms with E-state index in [1.807, 2.05) is 26.8 Å². The molecule has 0 heterocycles. The van der Waals surface area contributed by atoms with Crippen molar-refractivity contribution in [3.05, 3.63) is 63.6 Å². The number of carbonyl (C=O) groups is 2. The van der Waals surface area contributed by atoms with E-state index in [-0.39, 0.29) is 17.1 Å². The molecular formula is C19H20BrN3O3S. The van der Waals surface area contributed by atoms with E-state index < -0.39 is 5.91 Å². The van der Waals surface area contributed by atoms with Gasteiger partial charge in [0.15, 0.2) is 5.11 Å². The number of aryl methyl sites for hydroxylation is 1. The van der Waals surface area contributed by atoms with Crippen molar-refractivity contribution in [1.29, 1.82) is 0 Å². The van der Waals surface area contributed by atoms with Crippen molar-refractivity contribution in [2.75, 3.05) is 0 Å². The van der Waals surface area contributed by atoms with Gasteiger partial charge in [0.25, 0.3) is 11.8 Å². The molecule has 0 saturated carbocycles. The summed E-state index contributed by atoms with van der Waals surface area (Å²) in [4.78, 5) is 24.3. The molecule has 2 amide bonds. The second-order valence-electron chi connectivity index (χ2n) is 6.04. The molecule has 0 aromatic heterocycles. The van der Waals surface area contributed by atoms with Crippen molar-refractivity contribution in [1.82, 2.24) is 16.2 Å². The lowest BCUT2D eigenvalue weighted by atomic mass is 10.1. The highest BCUT2D eigenvalue weighted by Crippen LogP contribution is 2.26. The van der Waals surface area contributed by atoms with E-state index in [0.29, 0.717) is 21.3 Å². The fraction of sp³-hybridized carbons (Fsp3) is 0.211. The van der Waals surface area contributed by atoms with Gasteiger partial charge in [-0.2, -0.15) is 0 Å². The predicted molar refractivity (Wildman–Crippen MR) is 112 cm³/mol. The largest absolute Gasteiger partial charge is 0.490 e. The van der Waals surface area contributed by atoms with E-state index in [1.165, 1.54) is 0 Å². The van der Waals surface area contributed by atoms with Gasteiger partial charge < -0.3 is 4.74 Å². The molecule has 3 N–H and O–H groups in total. The van der Waals surface area contributed by atoms with Crippen molar-refractivity contribution in [2.45, 2.75) is 26.9 Å². The molecule has 0 fully saturated rings. The fourth-order valence-electron chi connectivity index (χ4n) is 2.17. The average molecular weight is 450 g/mol. The van der Waals surface area contributed by atoms with E-state index in [1.54, 1.807) is 36.4 Å². The lowest BCUT2D eigenvalue weighted by Gasteiger charge is -2.13. The topological polar surface area (TPSA) is 79.5 Å². The number of hydrazine groups is 1. The summed E-state index contributed by atoms with van der Waals surface area (Å²) in [7, 11) is 0. The van der Waals surface area contributed by atoms with Gasteiger partial charge in [-0.15, -0.1) is 0 Å². The number of nitrogens with one attached hydrogen (secondary N) is 3. The lowest BCUT2D eigenvalue weighted by Crippen LogP contribution is -2.48. The summed E-state index contributed by atoms with van der Waals surface area (Å²) in [6.07, 6.45) is 0.0229. The Balaban J connectivity index is 1.91. The van der Waals surface area contributed by atoms with Gasteiger partial charge in [0.05, 0.1) is 10.6 Å². The summed E-state index contributed by atoms with van der Waals surface area (Å²) >= 11 is 8.43. The van der Waals surface area contributed by atoms with E-state index in [2.05, 4.69) is 32.1 Å². The Hall–Kier alpha value is -2.45. The van der Waals surface area contributed by atoms with E-state index >= 15 is 0 Å². The minimum atomic E-state index is -0.408.